The Bertz CT molecular complexity index is 1170. The van der Waals surface area contributed by atoms with Crippen molar-refractivity contribution in [3.05, 3.63) is 114 Å². The third-order valence-electron chi connectivity index (χ3n) is 6.46. The number of benzene rings is 3. The smallest absolute Gasteiger partial charge is 0.191 e. The predicted molar refractivity (Wildman–Crippen MR) is 140 cm³/mol. The quantitative estimate of drug-likeness (QED) is 0.295. The van der Waals surface area contributed by atoms with Crippen LogP contribution in [0.25, 0.3) is 6.08 Å². The van der Waals surface area contributed by atoms with E-state index in [1.165, 1.54) is 12.1 Å². The molecular weight excluding hydrogens is 487 g/mol. The highest BCUT2D eigenvalue weighted by atomic mass is 19.1. The Balaban J connectivity index is 1.32. The van der Waals surface area contributed by atoms with E-state index in [4.69, 9.17) is 28.4 Å². The maximum absolute atomic E-state index is 13.3. The highest BCUT2D eigenvalue weighted by Gasteiger charge is 2.58. The molecule has 0 N–H and O–H groups in total. The lowest BCUT2D eigenvalue weighted by Gasteiger charge is -2.30. The average molecular weight is 521 g/mol. The molecule has 2 saturated heterocycles. The van der Waals surface area contributed by atoms with Crippen molar-refractivity contribution in [2.24, 2.45) is 0 Å². The van der Waals surface area contributed by atoms with Gasteiger partial charge in [-0.25, -0.2) is 4.39 Å². The van der Waals surface area contributed by atoms with E-state index < -0.39 is 36.5 Å². The first-order valence-electron chi connectivity index (χ1n) is 12.8. The largest absolute Gasteiger partial charge is 0.492 e. The van der Waals surface area contributed by atoms with E-state index in [2.05, 4.69) is 0 Å². The summed E-state index contributed by atoms with van der Waals surface area (Å²) in [6.07, 6.45) is 0.823. The fourth-order valence-electron chi connectivity index (χ4n) is 4.62. The maximum Gasteiger partial charge on any atom is 0.191 e. The zero-order valence-corrected chi connectivity index (χ0v) is 21.6. The second kappa shape index (κ2) is 12.2. The van der Waals surface area contributed by atoms with Crippen LogP contribution in [0, 0.1) is 5.82 Å². The van der Waals surface area contributed by atoms with Gasteiger partial charge in [-0.2, -0.15) is 0 Å². The summed E-state index contributed by atoms with van der Waals surface area (Å²) >= 11 is 0. The Morgan fingerprint density at radius 3 is 2.21 bits per heavy atom. The van der Waals surface area contributed by atoms with Crippen LogP contribution in [-0.4, -0.2) is 43.1 Å². The fourth-order valence-corrected chi connectivity index (χ4v) is 4.62. The average Bonchev–Trinajstić information content (AvgIpc) is 3.40. The van der Waals surface area contributed by atoms with Crippen LogP contribution in [0.15, 0.2) is 91.2 Å². The molecule has 2 aliphatic rings. The Morgan fingerprint density at radius 1 is 0.868 bits per heavy atom. The highest BCUT2D eigenvalue weighted by Crippen LogP contribution is 2.40. The van der Waals surface area contributed by atoms with Gasteiger partial charge in [0, 0.05) is 0 Å². The number of halogens is 1. The van der Waals surface area contributed by atoms with Gasteiger partial charge in [-0.05, 0) is 48.7 Å². The van der Waals surface area contributed by atoms with Crippen LogP contribution in [0.3, 0.4) is 0 Å². The molecule has 0 aliphatic carbocycles. The lowest BCUT2D eigenvalue weighted by molar-refractivity contribution is -0.234. The second-order valence-corrected chi connectivity index (χ2v) is 9.86. The summed E-state index contributed by atoms with van der Waals surface area (Å²) in [6, 6.07) is 26.1. The molecule has 6 nitrogen and oxygen atoms in total. The molecule has 3 aromatic rings. The summed E-state index contributed by atoms with van der Waals surface area (Å²) in [6.45, 7) is 4.82. The summed E-state index contributed by atoms with van der Waals surface area (Å²) in [7, 11) is 0. The molecule has 0 radical (unpaired) electrons. The van der Waals surface area contributed by atoms with Gasteiger partial charge in [0.05, 0.1) is 26.1 Å². The van der Waals surface area contributed by atoms with Crippen LogP contribution in [0.2, 0.25) is 0 Å². The van der Waals surface area contributed by atoms with Crippen molar-refractivity contribution in [2.45, 2.75) is 63.6 Å². The normalized spacial score (nSPS) is 24.9. The van der Waals surface area contributed by atoms with Gasteiger partial charge in [-0.3, -0.25) is 0 Å². The number of hydrogen-bond donors (Lipinski definition) is 0. The van der Waals surface area contributed by atoms with Gasteiger partial charge >= 0.3 is 0 Å². The molecular formula is C31H33FO6. The van der Waals surface area contributed by atoms with Crippen LogP contribution < -0.4 is 0 Å². The first-order valence-corrected chi connectivity index (χ1v) is 12.8. The minimum Gasteiger partial charge on any atom is -0.492 e. The van der Waals surface area contributed by atoms with E-state index in [1.54, 1.807) is 24.5 Å². The molecule has 7 heteroatoms. The van der Waals surface area contributed by atoms with Crippen LogP contribution in [-0.2, 0) is 41.6 Å². The molecule has 2 aliphatic heterocycles. The van der Waals surface area contributed by atoms with E-state index in [0.717, 1.165) is 16.7 Å². The molecule has 0 amide bonds. The number of hydrogen-bond acceptors (Lipinski definition) is 6. The molecule has 2 fully saturated rings. The first-order chi connectivity index (χ1) is 18.5. The van der Waals surface area contributed by atoms with Crippen LogP contribution >= 0.6 is 0 Å². The van der Waals surface area contributed by atoms with Crippen molar-refractivity contribution in [1.29, 1.82) is 0 Å². The summed E-state index contributed by atoms with van der Waals surface area (Å²) < 4.78 is 50.5. The Morgan fingerprint density at radius 2 is 1.53 bits per heavy atom. The topological polar surface area (TPSA) is 55.4 Å². The maximum atomic E-state index is 13.3. The molecule has 3 aromatic carbocycles. The van der Waals surface area contributed by atoms with Gasteiger partial charge in [-0.15, -0.1) is 0 Å². The van der Waals surface area contributed by atoms with Gasteiger partial charge in [0.25, 0.3) is 0 Å². The SMILES string of the molecule is CC1(C)O[C@H]2O[C@@H]([C@@H](COCc3ccccc3)OCc3ccccc3)[C@H](O/C=C/c3ccc(F)cc3)[C@H]2O1. The number of ether oxygens (including phenoxy) is 6. The molecule has 2 heterocycles. The van der Waals surface area contributed by atoms with Crippen LogP contribution in [0.4, 0.5) is 4.39 Å². The van der Waals surface area contributed by atoms with E-state index in [9.17, 15) is 4.39 Å². The van der Waals surface area contributed by atoms with Crippen molar-refractivity contribution < 1.29 is 32.8 Å². The predicted octanol–water partition coefficient (Wildman–Crippen LogP) is 5.86. The van der Waals surface area contributed by atoms with Crippen molar-refractivity contribution in [1.82, 2.24) is 0 Å². The zero-order chi connectivity index (χ0) is 26.4. The second-order valence-electron chi connectivity index (χ2n) is 9.86. The lowest BCUT2D eigenvalue weighted by atomic mass is 10.1. The van der Waals surface area contributed by atoms with Gasteiger partial charge in [0.2, 0.25) is 0 Å². The molecule has 38 heavy (non-hydrogen) atoms. The summed E-state index contributed by atoms with van der Waals surface area (Å²) in [5, 5.41) is 0. The minimum atomic E-state index is -0.799. The fraction of sp³-hybridized carbons (Fsp3) is 0.355. The Labute approximate surface area is 222 Å². The summed E-state index contributed by atoms with van der Waals surface area (Å²) in [4.78, 5) is 0. The van der Waals surface area contributed by atoms with Gasteiger partial charge < -0.3 is 28.4 Å². The monoisotopic (exact) mass is 520 g/mol. The third-order valence-corrected chi connectivity index (χ3v) is 6.46. The van der Waals surface area contributed by atoms with Gasteiger partial charge in [-0.1, -0.05) is 72.8 Å². The van der Waals surface area contributed by atoms with Crippen LogP contribution in [0.1, 0.15) is 30.5 Å². The number of rotatable bonds is 11. The molecule has 0 unspecified atom stereocenters. The third kappa shape index (κ3) is 6.87. The van der Waals surface area contributed by atoms with Crippen molar-refractivity contribution in [3.8, 4) is 0 Å². The lowest BCUT2D eigenvalue weighted by Crippen LogP contribution is -2.45. The van der Waals surface area contributed by atoms with E-state index in [1.807, 2.05) is 74.5 Å². The molecule has 0 saturated carbocycles. The Hall–Kier alpha value is -3.07. The highest BCUT2D eigenvalue weighted by molar-refractivity contribution is 5.47. The first kappa shape index (κ1) is 26.5. The zero-order valence-electron chi connectivity index (χ0n) is 21.6. The van der Waals surface area contributed by atoms with Gasteiger partial charge in [0.15, 0.2) is 24.3 Å². The molecule has 0 bridgehead atoms. The molecule has 5 rings (SSSR count). The number of fused-ring (bicyclic) bond motifs is 1. The van der Waals surface area contributed by atoms with E-state index >= 15 is 0 Å². The summed E-state index contributed by atoms with van der Waals surface area (Å²) in [5.74, 6) is -1.09. The molecule has 0 spiro atoms. The van der Waals surface area contributed by atoms with Crippen LogP contribution in [0.5, 0.6) is 0 Å². The van der Waals surface area contributed by atoms with E-state index in [-0.39, 0.29) is 12.4 Å². The van der Waals surface area contributed by atoms with Gasteiger partial charge in [0.1, 0.15) is 18.0 Å². The molecule has 200 valence electrons. The Kier molecular flexibility index (Phi) is 8.51. The van der Waals surface area contributed by atoms with Crippen molar-refractivity contribution >= 4 is 6.08 Å². The standard InChI is InChI=1S/C31H33FO6/c1-31(2)37-29-28(34-18-17-22-13-15-25(32)16-14-22)27(36-30(29)38-31)26(35-20-24-11-7-4-8-12-24)21-33-19-23-9-5-3-6-10-23/h3-18,26-30H,19-21H2,1-2H3/b18-17+/t26-,27+,28+,29-,30-/m1/s1. The molecule has 0 aromatic heterocycles. The molecule has 5 atom stereocenters. The minimum absolute atomic E-state index is 0.288. The van der Waals surface area contributed by atoms with Crippen molar-refractivity contribution in [3.63, 3.8) is 0 Å². The van der Waals surface area contributed by atoms with Crippen molar-refractivity contribution in [2.75, 3.05) is 6.61 Å². The van der Waals surface area contributed by atoms with E-state index in [0.29, 0.717) is 13.2 Å². The summed E-state index contributed by atoms with van der Waals surface area (Å²) in [5.41, 5.74) is 2.92.